The normalized spacial score (nSPS) is 9.00. The van der Waals surface area contributed by atoms with Gasteiger partial charge < -0.3 is 5.11 Å². The van der Waals surface area contributed by atoms with Crippen LogP contribution in [0.15, 0.2) is 36.4 Å². The fourth-order valence-electron chi connectivity index (χ4n) is 0.924. The molecule has 1 aromatic carbocycles. The molecule has 0 radical (unpaired) electrons. The first-order valence-corrected chi connectivity index (χ1v) is 4.66. The van der Waals surface area contributed by atoms with Crippen LogP contribution in [-0.4, -0.2) is 11.7 Å². The van der Waals surface area contributed by atoms with Crippen LogP contribution in [0.2, 0.25) is 5.02 Å². The van der Waals surface area contributed by atoms with Crippen molar-refractivity contribution in [3.8, 4) is 11.8 Å². The number of halogens is 1. The topological polar surface area (TPSA) is 20.2 Å². The summed E-state index contributed by atoms with van der Waals surface area (Å²) in [6, 6.07) is 7.32. The van der Waals surface area contributed by atoms with Crippen LogP contribution in [0.4, 0.5) is 0 Å². The maximum atomic E-state index is 8.63. The van der Waals surface area contributed by atoms with Crippen molar-refractivity contribution >= 4 is 11.6 Å². The summed E-state index contributed by atoms with van der Waals surface area (Å²) in [6.45, 7) is 3.80. The third kappa shape index (κ3) is 3.66. The molecule has 1 rings (SSSR count). The van der Waals surface area contributed by atoms with Crippen LogP contribution in [-0.2, 0) is 0 Å². The zero-order chi connectivity index (χ0) is 10.4. The fraction of sp³-hybridized carbons (Fsp3) is 0.167. The highest BCUT2D eigenvalue weighted by atomic mass is 35.5. The summed E-state index contributed by atoms with van der Waals surface area (Å²) in [5, 5.41) is 9.30. The van der Waals surface area contributed by atoms with Gasteiger partial charge in [-0.25, -0.2) is 0 Å². The van der Waals surface area contributed by atoms with E-state index in [0.717, 1.165) is 11.1 Å². The second-order valence-corrected chi connectivity index (χ2v) is 3.27. The van der Waals surface area contributed by atoms with Crippen LogP contribution >= 0.6 is 11.6 Å². The van der Waals surface area contributed by atoms with Gasteiger partial charge in [-0.1, -0.05) is 36.1 Å². The molecular weight excluding hydrogens is 196 g/mol. The summed E-state index contributed by atoms with van der Waals surface area (Å²) < 4.78 is 0. The average molecular weight is 207 g/mol. The van der Waals surface area contributed by atoms with E-state index in [2.05, 4.69) is 18.4 Å². The van der Waals surface area contributed by atoms with Gasteiger partial charge in [-0.05, 0) is 23.8 Å². The van der Waals surface area contributed by atoms with Crippen LogP contribution in [0.25, 0.3) is 0 Å². The Morgan fingerprint density at radius 1 is 1.50 bits per heavy atom. The number of aliphatic hydroxyl groups is 1. The maximum Gasteiger partial charge on any atom is 0.0477 e. The SMILES string of the molecule is C=C(C#Cc1cccc(Cl)c1)CCO. The first kappa shape index (κ1) is 10.8. The van der Waals surface area contributed by atoms with E-state index in [4.69, 9.17) is 16.7 Å². The van der Waals surface area contributed by atoms with Crippen LogP contribution in [0.1, 0.15) is 12.0 Å². The van der Waals surface area contributed by atoms with Gasteiger partial charge in [-0.15, -0.1) is 0 Å². The molecule has 14 heavy (non-hydrogen) atoms. The minimum absolute atomic E-state index is 0.0864. The molecule has 0 aliphatic rings. The highest BCUT2D eigenvalue weighted by molar-refractivity contribution is 6.30. The summed E-state index contributed by atoms with van der Waals surface area (Å²) in [4.78, 5) is 0. The van der Waals surface area contributed by atoms with Crippen molar-refractivity contribution in [2.75, 3.05) is 6.61 Å². The van der Waals surface area contributed by atoms with Crippen molar-refractivity contribution in [1.29, 1.82) is 0 Å². The smallest absolute Gasteiger partial charge is 0.0477 e. The second kappa shape index (κ2) is 5.49. The van der Waals surface area contributed by atoms with Crippen LogP contribution in [0.3, 0.4) is 0 Å². The van der Waals surface area contributed by atoms with Gasteiger partial charge >= 0.3 is 0 Å². The van der Waals surface area contributed by atoms with Crippen molar-refractivity contribution in [1.82, 2.24) is 0 Å². The molecule has 1 N–H and O–H groups in total. The second-order valence-electron chi connectivity index (χ2n) is 2.84. The van der Waals surface area contributed by atoms with Gasteiger partial charge in [0.1, 0.15) is 0 Å². The van der Waals surface area contributed by atoms with Gasteiger partial charge in [0.05, 0.1) is 0 Å². The fourth-order valence-corrected chi connectivity index (χ4v) is 1.11. The Kier molecular flexibility index (Phi) is 4.25. The van der Waals surface area contributed by atoms with Crippen LogP contribution in [0.5, 0.6) is 0 Å². The highest BCUT2D eigenvalue weighted by Crippen LogP contribution is 2.09. The molecule has 0 saturated heterocycles. The van der Waals surface area contributed by atoms with E-state index in [0.29, 0.717) is 11.4 Å². The Hall–Kier alpha value is -1.23. The van der Waals surface area contributed by atoms with Crippen LogP contribution in [0, 0.1) is 11.8 Å². The van der Waals surface area contributed by atoms with E-state index in [-0.39, 0.29) is 6.61 Å². The van der Waals surface area contributed by atoms with Crippen molar-refractivity contribution in [3.63, 3.8) is 0 Å². The van der Waals surface area contributed by atoms with Crippen molar-refractivity contribution in [2.24, 2.45) is 0 Å². The van der Waals surface area contributed by atoms with Crippen molar-refractivity contribution in [2.45, 2.75) is 6.42 Å². The molecule has 2 heteroatoms. The van der Waals surface area contributed by atoms with E-state index in [1.807, 2.05) is 12.1 Å². The number of rotatable bonds is 2. The molecule has 0 heterocycles. The molecule has 0 aliphatic heterocycles. The molecule has 0 amide bonds. The summed E-state index contributed by atoms with van der Waals surface area (Å²) in [5.74, 6) is 5.79. The standard InChI is InChI=1S/C12H11ClO/c1-10(7-8-14)5-6-11-3-2-4-12(13)9-11/h2-4,9,14H,1,7-8H2. The molecule has 0 bridgehead atoms. The number of benzene rings is 1. The molecule has 0 aliphatic carbocycles. The average Bonchev–Trinajstić information content (AvgIpc) is 2.15. The summed E-state index contributed by atoms with van der Waals surface area (Å²) in [6.07, 6.45) is 0.521. The third-order valence-corrected chi connectivity index (χ3v) is 1.86. The molecule has 0 unspecified atom stereocenters. The first-order chi connectivity index (χ1) is 6.72. The van der Waals surface area contributed by atoms with Gasteiger partial charge in [0.15, 0.2) is 0 Å². The molecule has 0 spiro atoms. The Balaban J connectivity index is 2.72. The first-order valence-electron chi connectivity index (χ1n) is 4.28. The van der Waals surface area contributed by atoms with E-state index in [1.165, 1.54) is 0 Å². The highest BCUT2D eigenvalue weighted by Gasteiger charge is 1.89. The zero-order valence-corrected chi connectivity index (χ0v) is 8.51. The lowest BCUT2D eigenvalue weighted by molar-refractivity contribution is 0.301. The number of hydrogen-bond acceptors (Lipinski definition) is 1. The van der Waals surface area contributed by atoms with Crippen molar-refractivity contribution < 1.29 is 5.11 Å². The van der Waals surface area contributed by atoms with E-state index in [1.54, 1.807) is 12.1 Å². The summed E-state index contributed by atoms with van der Waals surface area (Å²) in [7, 11) is 0. The summed E-state index contributed by atoms with van der Waals surface area (Å²) in [5.41, 5.74) is 1.59. The maximum absolute atomic E-state index is 8.63. The monoisotopic (exact) mass is 206 g/mol. The van der Waals surface area contributed by atoms with Crippen molar-refractivity contribution in [3.05, 3.63) is 47.0 Å². The Morgan fingerprint density at radius 2 is 2.29 bits per heavy atom. The molecule has 72 valence electrons. The quantitative estimate of drug-likeness (QED) is 0.738. The minimum Gasteiger partial charge on any atom is -0.396 e. The van der Waals surface area contributed by atoms with Gasteiger partial charge in [-0.2, -0.15) is 0 Å². The molecular formula is C12H11ClO. The molecule has 0 fully saturated rings. The van der Waals surface area contributed by atoms with E-state index >= 15 is 0 Å². The Labute approximate surface area is 89.0 Å². The predicted octanol–water partition coefficient (Wildman–Crippen LogP) is 2.63. The minimum atomic E-state index is 0.0864. The van der Waals surface area contributed by atoms with Gasteiger partial charge in [-0.3, -0.25) is 0 Å². The van der Waals surface area contributed by atoms with Gasteiger partial charge in [0, 0.05) is 23.6 Å². The zero-order valence-electron chi connectivity index (χ0n) is 7.76. The number of hydrogen-bond donors (Lipinski definition) is 1. The van der Waals surface area contributed by atoms with Gasteiger partial charge in [0.2, 0.25) is 0 Å². The molecule has 1 aromatic rings. The lowest BCUT2D eigenvalue weighted by Crippen LogP contribution is -1.83. The molecule has 0 saturated carbocycles. The van der Waals surface area contributed by atoms with E-state index < -0.39 is 0 Å². The lowest BCUT2D eigenvalue weighted by Gasteiger charge is -1.92. The predicted molar refractivity (Wildman–Crippen MR) is 59.2 cm³/mol. The third-order valence-electron chi connectivity index (χ3n) is 1.62. The Morgan fingerprint density at radius 3 is 2.93 bits per heavy atom. The largest absolute Gasteiger partial charge is 0.396 e. The number of aliphatic hydroxyl groups excluding tert-OH is 1. The van der Waals surface area contributed by atoms with E-state index in [9.17, 15) is 0 Å². The summed E-state index contributed by atoms with van der Waals surface area (Å²) >= 11 is 5.79. The lowest BCUT2D eigenvalue weighted by atomic mass is 10.2. The van der Waals surface area contributed by atoms with Crippen LogP contribution < -0.4 is 0 Å². The molecule has 1 nitrogen and oxygen atoms in total. The molecule has 0 atom stereocenters. The molecule has 0 aromatic heterocycles. The van der Waals surface area contributed by atoms with Gasteiger partial charge in [0.25, 0.3) is 0 Å². The Bertz CT molecular complexity index is 385.